The molecule has 0 amide bonds. The van der Waals surface area contributed by atoms with E-state index in [2.05, 4.69) is 13.0 Å². The average molecular weight is 326 g/mol. The predicted octanol–water partition coefficient (Wildman–Crippen LogP) is 2.26. The number of unbranched alkanes of at least 4 members (excludes halogenated alkanes) is 1. The Morgan fingerprint density at radius 3 is 2.61 bits per heavy atom. The maximum atomic E-state index is 10.4. The van der Waals surface area contributed by atoms with Crippen LogP contribution in [0.25, 0.3) is 0 Å². The Hall–Kier alpha value is -1.17. The van der Waals surface area contributed by atoms with Gasteiger partial charge in [0.25, 0.3) is 0 Å². The van der Waals surface area contributed by atoms with Crippen LogP contribution in [0.5, 0.6) is 0 Å². The van der Waals surface area contributed by atoms with Crippen molar-refractivity contribution in [2.45, 2.75) is 70.2 Å². The highest BCUT2D eigenvalue weighted by molar-refractivity contribution is 5.66. The molecule has 1 aliphatic rings. The van der Waals surface area contributed by atoms with Crippen LogP contribution in [-0.2, 0) is 4.79 Å². The molecule has 1 aliphatic carbocycles. The quantitative estimate of drug-likeness (QED) is 0.365. The van der Waals surface area contributed by atoms with E-state index in [9.17, 15) is 20.1 Å². The van der Waals surface area contributed by atoms with Crippen LogP contribution < -0.4 is 0 Å². The molecule has 1 fully saturated rings. The summed E-state index contributed by atoms with van der Waals surface area (Å²) < 4.78 is 0. The average Bonchev–Trinajstić information content (AvgIpc) is 2.75. The minimum Gasteiger partial charge on any atom is -0.481 e. The second kappa shape index (κ2) is 10.6. The number of hydrogen-bond donors (Lipinski definition) is 4. The van der Waals surface area contributed by atoms with Gasteiger partial charge >= 0.3 is 5.97 Å². The van der Waals surface area contributed by atoms with Gasteiger partial charge in [-0.15, -0.1) is 0 Å². The summed E-state index contributed by atoms with van der Waals surface area (Å²) in [6, 6.07) is 0. The second-order valence-corrected chi connectivity index (χ2v) is 6.32. The van der Waals surface area contributed by atoms with Crippen LogP contribution >= 0.6 is 0 Å². The standard InChI is InChI=1S/C18H30O5/c1-2-3-4-8-14-15(17(21)12-16(14)20)11-10-13(19)7-5-6-9-18(22)23/h3-4,10-11,13-17,19-21H,2,5-9,12H2,1H3,(H,22,23)/b4-3-,11-10+/t13-,14-,15+,16+,17-/m0/s1. The zero-order chi connectivity index (χ0) is 17.2. The van der Waals surface area contributed by atoms with Crippen LogP contribution in [0.3, 0.4) is 0 Å². The molecule has 4 N–H and O–H groups in total. The van der Waals surface area contributed by atoms with Crippen molar-refractivity contribution in [2.24, 2.45) is 11.8 Å². The number of aliphatic carboxylic acids is 1. The molecule has 0 aromatic rings. The largest absolute Gasteiger partial charge is 0.481 e. The number of aliphatic hydroxyl groups is 3. The summed E-state index contributed by atoms with van der Waals surface area (Å²) in [5.74, 6) is -0.996. The Bertz CT molecular complexity index is 404. The van der Waals surface area contributed by atoms with Gasteiger partial charge in [-0.2, -0.15) is 0 Å². The van der Waals surface area contributed by atoms with E-state index >= 15 is 0 Å². The van der Waals surface area contributed by atoms with E-state index in [0.717, 1.165) is 12.8 Å². The first-order valence-electron chi connectivity index (χ1n) is 8.55. The van der Waals surface area contributed by atoms with E-state index in [1.165, 1.54) is 0 Å². The summed E-state index contributed by atoms with van der Waals surface area (Å²) in [5, 5.41) is 38.7. The summed E-state index contributed by atoms with van der Waals surface area (Å²) in [7, 11) is 0. The van der Waals surface area contributed by atoms with E-state index < -0.39 is 24.3 Å². The molecule has 0 aromatic carbocycles. The van der Waals surface area contributed by atoms with Crippen LogP contribution in [0.4, 0.5) is 0 Å². The molecule has 0 aromatic heterocycles. The first-order valence-corrected chi connectivity index (χ1v) is 8.55. The van der Waals surface area contributed by atoms with Crippen LogP contribution in [0.2, 0.25) is 0 Å². The van der Waals surface area contributed by atoms with Gasteiger partial charge in [0.05, 0.1) is 18.3 Å². The maximum Gasteiger partial charge on any atom is 0.303 e. The SMILES string of the molecule is CC/C=C\C[C@H]1[C@@H](/C=C/[C@@H](O)CCCCC(=O)O)[C@@H](O)C[C@H]1O. The molecule has 0 aliphatic heterocycles. The van der Waals surface area contributed by atoms with Gasteiger partial charge in [0.15, 0.2) is 0 Å². The number of hydrogen-bond acceptors (Lipinski definition) is 4. The summed E-state index contributed by atoms with van der Waals surface area (Å²) >= 11 is 0. The Labute approximate surface area is 138 Å². The monoisotopic (exact) mass is 326 g/mol. The van der Waals surface area contributed by atoms with E-state index in [0.29, 0.717) is 25.7 Å². The number of carbonyl (C=O) groups is 1. The first kappa shape index (κ1) is 19.9. The zero-order valence-corrected chi connectivity index (χ0v) is 13.8. The van der Waals surface area contributed by atoms with Gasteiger partial charge in [-0.25, -0.2) is 0 Å². The molecular formula is C18H30O5. The van der Waals surface area contributed by atoms with Crippen molar-refractivity contribution in [1.29, 1.82) is 0 Å². The Morgan fingerprint density at radius 1 is 1.22 bits per heavy atom. The molecule has 0 saturated heterocycles. The molecule has 5 nitrogen and oxygen atoms in total. The van der Waals surface area contributed by atoms with Crippen molar-refractivity contribution < 1.29 is 25.2 Å². The molecule has 23 heavy (non-hydrogen) atoms. The van der Waals surface area contributed by atoms with Gasteiger partial charge in [0.1, 0.15) is 0 Å². The molecule has 132 valence electrons. The van der Waals surface area contributed by atoms with Gasteiger partial charge < -0.3 is 20.4 Å². The van der Waals surface area contributed by atoms with Crippen molar-refractivity contribution in [3.05, 3.63) is 24.3 Å². The van der Waals surface area contributed by atoms with Crippen molar-refractivity contribution >= 4 is 5.97 Å². The Kier molecular flexibility index (Phi) is 9.14. The topological polar surface area (TPSA) is 98.0 Å². The molecule has 1 rings (SSSR count). The highest BCUT2D eigenvalue weighted by Gasteiger charge is 2.39. The molecule has 1 saturated carbocycles. The van der Waals surface area contributed by atoms with E-state index in [1.807, 2.05) is 12.2 Å². The molecule has 0 radical (unpaired) electrons. The highest BCUT2D eigenvalue weighted by Crippen LogP contribution is 2.36. The van der Waals surface area contributed by atoms with Crippen molar-refractivity contribution in [3.63, 3.8) is 0 Å². The Morgan fingerprint density at radius 2 is 1.96 bits per heavy atom. The lowest BCUT2D eigenvalue weighted by Crippen LogP contribution is -2.20. The molecule has 0 spiro atoms. The van der Waals surface area contributed by atoms with Crippen molar-refractivity contribution in [2.75, 3.05) is 0 Å². The third-order valence-electron chi connectivity index (χ3n) is 4.42. The van der Waals surface area contributed by atoms with Crippen molar-refractivity contribution in [3.8, 4) is 0 Å². The van der Waals surface area contributed by atoms with Gasteiger partial charge in [-0.3, -0.25) is 4.79 Å². The maximum absolute atomic E-state index is 10.4. The lowest BCUT2D eigenvalue weighted by atomic mass is 9.89. The van der Waals surface area contributed by atoms with Crippen LogP contribution in [0.1, 0.15) is 51.9 Å². The Balaban J connectivity index is 2.47. The minimum atomic E-state index is -0.818. The normalized spacial score (nSPS) is 29.6. The third kappa shape index (κ3) is 7.29. The molecule has 5 atom stereocenters. The highest BCUT2D eigenvalue weighted by atomic mass is 16.4. The summed E-state index contributed by atoms with van der Waals surface area (Å²) in [6.45, 7) is 2.05. The van der Waals surface area contributed by atoms with Gasteiger partial charge in [0, 0.05) is 18.8 Å². The molecule has 0 heterocycles. The minimum absolute atomic E-state index is 0.0248. The van der Waals surface area contributed by atoms with E-state index in [1.54, 1.807) is 6.08 Å². The fraction of sp³-hybridized carbons (Fsp3) is 0.722. The van der Waals surface area contributed by atoms with Gasteiger partial charge in [-0.1, -0.05) is 31.2 Å². The number of carboxylic acid groups (broad SMARTS) is 1. The fourth-order valence-electron chi connectivity index (χ4n) is 3.11. The van der Waals surface area contributed by atoms with Gasteiger partial charge in [-0.05, 0) is 38.0 Å². The number of allylic oxidation sites excluding steroid dienone is 2. The molecule has 0 unspecified atom stereocenters. The molecular weight excluding hydrogens is 296 g/mol. The fourth-order valence-corrected chi connectivity index (χ4v) is 3.11. The lowest BCUT2D eigenvalue weighted by molar-refractivity contribution is -0.137. The number of rotatable bonds is 10. The predicted molar refractivity (Wildman–Crippen MR) is 88.9 cm³/mol. The van der Waals surface area contributed by atoms with Crippen LogP contribution in [-0.4, -0.2) is 44.7 Å². The second-order valence-electron chi connectivity index (χ2n) is 6.32. The first-order chi connectivity index (χ1) is 11.0. The van der Waals surface area contributed by atoms with Gasteiger partial charge in [0.2, 0.25) is 0 Å². The van der Waals surface area contributed by atoms with Crippen molar-refractivity contribution in [1.82, 2.24) is 0 Å². The summed E-state index contributed by atoms with van der Waals surface area (Å²) in [6.07, 6.45) is 9.69. The zero-order valence-electron chi connectivity index (χ0n) is 13.8. The van der Waals surface area contributed by atoms with Crippen LogP contribution in [0.15, 0.2) is 24.3 Å². The third-order valence-corrected chi connectivity index (χ3v) is 4.42. The smallest absolute Gasteiger partial charge is 0.303 e. The summed E-state index contributed by atoms with van der Waals surface area (Å²) in [5.41, 5.74) is 0. The van der Waals surface area contributed by atoms with E-state index in [-0.39, 0.29) is 18.3 Å². The molecule has 0 bridgehead atoms. The van der Waals surface area contributed by atoms with Crippen LogP contribution in [0, 0.1) is 11.8 Å². The number of carboxylic acids is 1. The lowest BCUT2D eigenvalue weighted by Gasteiger charge is -2.19. The molecule has 5 heteroatoms. The van der Waals surface area contributed by atoms with E-state index in [4.69, 9.17) is 5.11 Å². The summed E-state index contributed by atoms with van der Waals surface area (Å²) in [4.78, 5) is 10.4. The number of aliphatic hydroxyl groups excluding tert-OH is 3.